The van der Waals surface area contributed by atoms with Crippen molar-refractivity contribution in [1.82, 2.24) is 9.88 Å². The third-order valence-corrected chi connectivity index (χ3v) is 5.89. The van der Waals surface area contributed by atoms with Crippen molar-refractivity contribution >= 4 is 23.2 Å². The molecule has 2 aliphatic rings. The van der Waals surface area contributed by atoms with Crippen molar-refractivity contribution in [1.29, 1.82) is 0 Å². The van der Waals surface area contributed by atoms with Gasteiger partial charge in [-0.2, -0.15) is 0 Å². The van der Waals surface area contributed by atoms with Gasteiger partial charge in [0.05, 0.1) is 19.4 Å². The number of ether oxygens (including phenoxy) is 2. The smallest absolute Gasteiger partial charge is 0.251 e. The van der Waals surface area contributed by atoms with Gasteiger partial charge in [0.25, 0.3) is 5.91 Å². The number of aromatic nitrogens is 1. The molecular formula is C23H25ClFN3O3. The number of alkyl halides is 1. The normalized spacial score (nSPS) is 21.9. The number of hydrogen-bond acceptors (Lipinski definition) is 5. The number of hydrogen-bond donors (Lipinski definition) is 1. The molecule has 2 heterocycles. The number of benzene rings is 1. The third kappa shape index (κ3) is 5.81. The molecule has 0 bridgehead atoms. The maximum absolute atomic E-state index is 14.4. The van der Waals surface area contributed by atoms with Crippen LogP contribution in [0.4, 0.5) is 10.1 Å². The fourth-order valence-corrected chi connectivity index (χ4v) is 4.08. The van der Waals surface area contributed by atoms with Gasteiger partial charge in [0.2, 0.25) is 0 Å². The first-order valence-corrected chi connectivity index (χ1v) is 10.8. The zero-order valence-electron chi connectivity index (χ0n) is 17.1. The zero-order valence-corrected chi connectivity index (χ0v) is 17.9. The van der Waals surface area contributed by atoms with Crippen LogP contribution in [0.2, 0.25) is 5.02 Å². The summed E-state index contributed by atoms with van der Waals surface area (Å²) in [5.74, 6) is 0.338. The molecular weight excluding hydrogens is 421 g/mol. The highest BCUT2D eigenvalue weighted by molar-refractivity contribution is 6.31. The molecule has 8 heteroatoms. The van der Waals surface area contributed by atoms with Crippen molar-refractivity contribution in [3.8, 4) is 5.75 Å². The molecule has 1 amide bonds. The number of rotatable bonds is 6. The maximum Gasteiger partial charge on any atom is 0.251 e. The number of halogens is 2. The van der Waals surface area contributed by atoms with E-state index in [0.29, 0.717) is 48.1 Å². The van der Waals surface area contributed by atoms with Gasteiger partial charge in [-0.1, -0.05) is 11.6 Å². The minimum absolute atomic E-state index is 0.0123. The van der Waals surface area contributed by atoms with E-state index in [1.54, 1.807) is 42.7 Å². The molecule has 1 aromatic carbocycles. The number of nitrogens with zero attached hydrogens (tertiary/aromatic N) is 2. The summed E-state index contributed by atoms with van der Waals surface area (Å²) in [5.41, 5.74) is 1.79. The number of carbonyl (C=O) groups is 1. The second kappa shape index (κ2) is 10.2. The van der Waals surface area contributed by atoms with Gasteiger partial charge in [-0.05, 0) is 49.2 Å². The summed E-state index contributed by atoms with van der Waals surface area (Å²) >= 11 is 6.29. The second-order valence-corrected chi connectivity index (χ2v) is 8.09. The zero-order chi connectivity index (χ0) is 21.6. The van der Waals surface area contributed by atoms with Crippen molar-refractivity contribution in [3.63, 3.8) is 0 Å². The maximum atomic E-state index is 14.4. The van der Waals surface area contributed by atoms with E-state index in [-0.39, 0.29) is 18.6 Å². The SMILES string of the molecule is O=C(Nc1ccc(Cl)c(COc2cccnc2)c1)C1=C[C@H](F)C[C@@H](N2CCOCC2)C1. The molecule has 0 radical (unpaired) electrons. The molecule has 1 saturated heterocycles. The first-order chi connectivity index (χ1) is 15.1. The number of carbonyl (C=O) groups excluding carboxylic acids is 1. The van der Waals surface area contributed by atoms with E-state index in [9.17, 15) is 9.18 Å². The lowest BCUT2D eigenvalue weighted by Crippen LogP contribution is -2.46. The summed E-state index contributed by atoms with van der Waals surface area (Å²) in [7, 11) is 0. The van der Waals surface area contributed by atoms with E-state index >= 15 is 0 Å². The Labute approximate surface area is 186 Å². The Morgan fingerprint density at radius 1 is 1.32 bits per heavy atom. The van der Waals surface area contributed by atoms with E-state index in [1.807, 2.05) is 0 Å². The van der Waals surface area contributed by atoms with Crippen LogP contribution in [0.25, 0.3) is 0 Å². The van der Waals surface area contributed by atoms with Crippen LogP contribution in [-0.2, 0) is 16.1 Å². The van der Waals surface area contributed by atoms with Crippen LogP contribution in [-0.4, -0.2) is 54.3 Å². The number of anilines is 1. The summed E-state index contributed by atoms with van der Waals surface area (Å²) in [5, 5.41) is 3.41. The van der Waals surface area contributed by atoms with Gasteiger partial charge in [-0.3, -0.25) is 14.7 Å². The summed E-state index contributed by atoms with van der Waals surface area (Å²) in [6.07, 6.45) is 4.53. The summed E-state index contributed by atoms with van der Waals surface area (Å²) < 4.78 is 25.5. The molecule has 2 aromatic rings. The van der Waals surface area contributed by atoms with Gasteiger partial charge in [-0.15, -0.1) is 0 Å². The molecule has 1 aliphatic heterocycles. The summed E-state index contributed by atoms with van der Waals surface area (Å²) in [6.45, 7) is 3.07. The molecule has 1 fully saturated rings. The Balaban J connectivity index is 1.40. The molecule has 1 N–H and O–H groups in total. The van der Waals surface area contributed by atoms with Gasteiger partial charge in [0.1, 0.15) is 18.5 Å². The lowest BCUT2D eigenvalue weighted by Gasteiger charge is -2.37. The van der Waals surface area contributed by atoms with E-state index in [2.05, 4.69) is 15.2 Å². The van der Waals surface area contributed by atoms with E-state index < -0.39 is 6.17 Å². The van der Waals surface area contributed by atoms with Gasteiger partial charge in [-0.25, -0.2) is 4.39 Å². The lowest BCUT2D eigenvalue weighted by molar-refractivity contribution is -0.113. The van der Waals surface area contributed by atoms with Gasteiger partial charge in [0.15, 0.2) is 0 Å². The highest BCUT2D eigenvalue weighted by Crippen LogP contribution is 2.28. The molecule has 0 spiro atoms. The minimum atomic E-state index is -1.13. The molecule has 0 saturated carbocycles. The Hall–Kier alpha value is -2.48. The van der Waals surface area contributed by atoms with Crippen molar-refractivity contribution in [2.24, 2.45) is 0 Å². The largest absolute Gasteiger partial charge is 0.487 e. The highest BCUT2D eigenvalue weighted by Gasteiger charge is 2.30. The first kappa shape index (κ1) is 21.7. The van der Waals surface area contributed by atoms with E-state index in [4.69, 9.17) is 21.1 Å². The number of allylic oxidation sites excluding steroid dienone is 1. The summed E-state index contributed by atoms with van der Waals surface area (Å²) in [4.78, 5) is 19.1. The first-order valence-electron chi connectivity index (χ1n) is 10.4. The second-order valence-electron chi connectivity index (χ2n) is 7.69. The van der Waals surface area contributed by atoms with E-state index in [1.165, 1.54) is 6.08 Å². The van der Waals surface area contributed by atoms with Crippen LogP contribution in [0, 0.1) is 0 Å². The molecule has 6 nitrogen and oxygen atoms in total. The quantitative estimate of drug-likeness (QED) is 0.727. The van der Waals surface area contributed by atoms with Crippen LogP contribution in [0.5, 0.6) is 5.75 Å². The van der Waals surface area contributed by atoms with Crippen molar-refractivity contribution in [3.05, 3.63) is 65.0 Å². The number of amides is 1. The molecule has 1 aromatic heterocycles. The Morgan fingerprint density at radius 3 is 2.94 bits per heavy atom. The molecule has 0 unspecified atom stereocenters. The Bertz CT molecular complexity index is 935. The predicted octanol–water partition coefficient (Wildman–Crippen LogP) is 4.01. The Morgan fingerprint density at radius 2 is 2.16 bits per heavy atom. The third-order valence-electron chi connectivity index (χ3n) is 5.52. The molecule has 164 valence electrons. The van der Waals surface area contributed by atoms with Gasteiger partial charge < -0.3 is 14.8 Å². The van der Waals surface area contributed by atoms with Crippen molar-refractivity contribution < 1.29 is 18.7 Å². The van der Waals surface area contributed by atoms with Crippen LogP contribution in [0.15, 0.2) is 54.4 Å². The number of pyridine rings is 1. The van der Waals surface area contributed by atoms with Gasteiger partial charge >= 0.3 is 0 Å². The van der Waals surface area contributed by atoms with Crippen LogP contribution < -0.4 is 10.1 Å². The topological polar surface area (TPSA) is 63.7 Å². The van der Waals surface area contributed by atoms with Crippen LogP contribution in [0.1, 0.15) is 18.4 Å². The standard InChI is InChI=1S/C23H25ClFN3O3/c24-22-4-3-19(11-17(22)15-31-21-2-1-5-26-14-21)27-23(29)16-10-18(25)13-20(12-16)28-6-8-30-9-7-28/h1-5,10-11,14,18,20H,6-9,12-13,15H2,(H,27,29)/t18-,20-/m0/s1. The molecule has 31 heavy (non-hydrogen) atoms. The van der Waals surface area contributed by atoms with E-state index in [0.717, 1.165) is 18.7 Å². The van der Waals surface area contributed by atoms with Crippen molar-refractivity contribution in [2.75, 3.05) is 31.6 Å². The average molecular weight is 446 g/mol. The number of nitrogens with one attached hydrogen (secondary N) is 1. The molecule has 2 atom stereocenters. The lowest BCUT2D eigenvalue weighted by atomic mass is 9.91. The molecule has 1 aliphatic carbocycles. The highest BCUT2D eigenvalue weighted by atomic mass is 35.5. The average Bonchev–Trinajstić information content (AvgIpc) is 2.80. The number of morpholine rings is 1. The predicted molar refractivity (Wildman–Crippen MR) is 117 cm³/mol. The minimum Gasteiger partial charge on any atom is -0.487 e. The van der Waals surface area contributed by atoms with Crippen LogP contribution in [0.3, 0.4) is 0 Å². The summed E-state index contributed by atoms with van der Waals surface area (Å²) in [6, 6.07) is 8.81. The van der Waals surface area contributed by atoms with Crippen LogP contribution >= 0.6 is 11.6 Å². The fourth-order valence-electron chi connectivity index (χ4n) is 3.91. The monoisotopic (exact) mass is 445 g/mol. The van der Waals surface area contributed by atoms with Gasteiger partial charge in [0, 0.05) is 47.2 Å². The fraction of sp³-hybridized carbons (Fsp3) is 0.391. The Kier molecular flexibility index (Phi) is 7.17. The molecule has 4 rings (SSSR count). The van der Waals surface area contributed by atoms with Crippen molar-refractivity contribution in [2.45, 2.75) is 31.7 Å².